The van der Waals surface area contributed by atoms with Crippen molar-refractivity contribution in [3.05, 3.63) is 23.0 Å². The van der Waals surface area contributed by atoms with Crippen LogP contribution in [0, 0.1) is 0 Å². The van der Waals surface area contributed by atoms with Crippen LogP contribution in [0.4, 0.5) is 19.3 Å². The fourth-order valence-corrected chi connectivity index (χ4v) is 8.06. The van der Waals surface area contributed by atoms with Gasteiger partial charge in [-0.3, -0.25) is 9.30 Å². The first-order valence-electron chi connectivity index (χ1n) is 13.3. The Morgan fingerprint density at radius 2 is 1.95 bits per heavy atom. The molecule has 40 heavy (non-hydrogen) atoms. The van der Waals surface area contributed by atoms with Gasteiger partial charge in [0.25, 0.3) is 6.43 Å². The van der Waals surface area contributed by atoms with Crippen LogP contribution in [0.2, 0.25) is 0 Å². The summed E-state index contributed by atoms with van der Waals surface area (Å²) < 4.78 is 64.1. The maximum atomic E-state index is 13.7. The van der Waals surface area contributed by atoms with Crippen molar-refractivity contribution in [2.24, 2.45) is 0 Å². The number of anilines is 1. The third kappa shape index (κ3) is 4.24. The molecule has 3 aromatic rings. The minimum Gasteiger partial charge on any atom is -0.447 e. The molecular weight excluding hydrogens is 564 g/mol. The number of hydrogen-bond donors (Lipinski definition) is 1. The molecule has 0 spiro atoms. The van der Waals surface area contributed by atoms with Crippen molar-refractivity contribution in [2.45, 2.75) is 80.8 Å². The van der Waals surface area contributed by atoms with E-state index in [2.05, 4.69) is 19.8 Å². The smallest absolute Gasteiger partial charge is 0.410 e. The maximum absolute atomic E-state index is 13.7. The second-order valence-corrected chi connectivity index (χ2v) is 14.8. The molecule has 4 fully saturated rings. The molecule has 2 saturated heterocycles. The largest absolute Gasteiger partial charge is 0.447 e. The third-order valence-corrected chi connectivity index (χ3v) is 10.7. The van der Waals surface area contributed by atoms with Gasteiger partial charge in [-0.05, 0) is 52.5 Å². The van der Waals surface area contributed by atoms with E-state index in [9.17, 15) is 22.0 Å². The van der Waals surface area contributed by atoms with Crippen molar-refractivity contribution >= 4 is 38.8 Å². The first kappa shape index (κ1) is 26.0. The molecule has 0 bridgehead atoms. The Hall–Kier alpha value is -2.91. The monoisotopic (exact) mass is 593 g/mol. The molecule has 1 N–H and O–H groups in total. The lowest BCUT2D eigenvalue weighted by atomic mass is 9.96. The number of rotatable bonds is 7. The van der Waals surface area contributed by atoms with Crippen molar-refractivity contribution in [3.8, 4) is 10.7 Å². The first-order chi connectivity index (χ1) is 18.9. The zero-order valence-corrected chi connectivity index (χ0v) is 23.9. The van der Waals surface area contributed by atoms with Gasteiger partial charge in [-0.2, -0.15) is 0 Å². The van der Waals surface area contributed by atoms with Crippen LogP contribution in [0.25, 0.3) is 16.3 Å². The summed E-state index contributed by atoms with van der Waals surface area (Å²) in [6.45, 7) is 6.84. The molecule has 5 heterocycles. The predicted octanol–water partition coefficient (Wildman–Crippen LogP) is 3.92. The van der Waals surface area contributed by atoms with Gasteiger partial charge in [-0.25, -0.2) is 31.7 Å². The summed E-state index contributed by atoms with van der Waals surface area (Å²) in [6.07, 6.45) is 1.67. The summed E-state index contributed by atoms with van der Waals surface area (Å²) in [4.78, 5) is 21.3. The van der Waals surface area contributed by atoms with E-state index in [-0.39, 0.29) is 34.6 Å². The third-order valence-electron chi connectivity index (χ3n) is 8.15. The van der Waals surface area contributed by atoms with Crippen molar-refractivity contribution in [1.82, 2.24) is 29.2 Å². The van der Waals surface area contributed by atoms with Gasteiger partial charge in [0.05, 0.1) is 23.0 Å². The van der Waals surface area contributed by atoms with E-state index in [0.29, 0.717) is 35.8 Å². The number of aromatic nitrogens is 4. The van der Waals surface area contributed by atoms with E-state index >= 15 is 0 Å². The summed E-state index contributed by atoms with van der Waals surface area (Å²) in [5.41, 5.74) is 1.20. The molecule has 0 aromatic carbocycles. The molecule has 3 aromatic heterocycles. The van der Waals surface area contributed by atoms with Crippen molar-refractivity contribution in [2.75, 3.05) is 24.6 Å². The number of imidazole rings is 1. The van der Waals surface area contributed by atoms with Crippen LogP contribution in [0.5, 0.6) is 0 Å². The van der Waals surface area contributed by atoms with Crippen molar-refractivity contribution in [3.63, 3.8) is 0 Å². The van der Waals surface area contributed by atoms with Gasteiger partial charge in [0.1, 0.15) is 17.2 Å². The van der Waals surface area contributed by atoms with Crippen LogP contribution in [0.15, 0.2) is 17.2 Å². The molecule has 15 heteroatoms. The Kier molecular flexibility index (Phi) is 5.56. The Morgan fingerprint density at radius 1 is 1.20 bits per heavy atom. The van der Waals surface area contributed by atoms with Gasteiger partial charge in [0.15, 0.2) is 15.7 Å². The number of halogens is 2. The first-order valence-corrected chi connectivity index (χ1v) is 15.6. The summed E-state index contributed by atoms with van der Waals surface area (Å²) in [7, 11) is -3.93. The van der Waals surface area contributed by atoms with E-state index in [0.717, 1.165) is 37.0 Å². The topological polar surface area (TPSA) is 122 Å². The molecule has 0 radical (unpaired) electrons. The van der Waals surface area contributed by atoms with Gasteiger partial charge < -0.3 is 9.64 Å². The lowest BCUT2D eigenvalue weighted by Crippen LogP contribution is -2.63. The highest BCUT2D eigenvalue weighted by Gasteiger charge is 2.49. The SMILES string of the molecule is CC1(NS(=O)(=O)c2cc(N3CC4COC(=O)N4C(C)(C)C3)c3nc(C4CC4)c(-c4nnc(C(F)F)s4)n3c2)CC1. The number of carbonyl (C=O) groups is 1. The molecule has 1 atom stereocenters. The van der Waals surface area contributed by atoms with Gasteiger partial charge in [0.2, 0.25) is 10.0 Å². The van der Waals surface area contributed by atoms with Gasteiger partial charge in [0, 0.05) is 30.7 Å². The standard InChI is InChI=1S/C25H29F2N7O4S2/c1-24(2)12-32(9-14-11-38-23(35)34(14)24)16-8-15(40(36,37)31-25(3)6-7-25)10-33-18(17(13-4-5-13)28-20(16)33)21-29-30-22(39-21)19(26)27/h8,10,13-14,19,31H,4-7,9,11-12H2,1-3H3. The molecule has 11 nitrogen and oxygen atoms in total. The zero-order chi connectivity index (χ0) is 28.2. The van der Waals surface area contributed by atoms with Crippen molar-refractivity contribution < 1.29 is 26.7 Å². The van der Waals surface area contributed by atoms with Crippen LogP contribution in [0.1, 0.15) is 69.5 Å². The predicted molar refractivity (Wildman–Crippen MR) is 142 cm³/mol. The number of fused-ring (bicyclic) bond motifs is 2. The Morgan fingerprint density at radius 3 is 2.60 bits per heavy atom. The van der Waals surface area contributed by atoms with Crippen LogP contribution in [0.3, 0.4) is 0 Å². The molecule has 4 aliphatic rings. The Balaban J connectivity index is 1.43. The number of ether oxygens (including phenoxy) is 1. The maximum Gasteiger partial charge on any atom is 0.410 e. The Labute approximate surface area is 233 Å². The minimum atomic E-state index is -3.93. The molecule has 1 amide bonds. The van der Waals surface area contributed by atoms with E-state index in [4.69, 9.17) is 9.72 Å². The average molecular weight is 594 g/mol. The molecule has 2 aliphatic carbocycles. The molecule has 214 valence electrons. The highest BCUT2D eigenvalue weighted by Crippen LogP contribution is 2.47. The highest BCUT2D eigenvalue weighted by molar-refractivity contribution is 7.89. The number of piperazine rings is 1. The fourth-order valence-electron chi connectivity index (χ4n) is 5.83. The number of nitrogens with zero attached hydrogens (tertiary/aromatic N) is 6. The number of pyridine rings is 1. The van der Waals surface area contributed by atoms with Gasteiger partial charge >= 0.3 is 6.09 Å². The zero-order valence-electron chi connectivity index (χ0n) is 22.2. The van der Waals surface area contributed by atoms with Gasteiger partial charge in [-0.15, -0.1) is 10.2 Å². The molecular formula is C25H29F2N7O4S2. The van der Waals surface area contributed by atoms with Crippen LogP contribution in [-0.2, 0) is 14.8 Å². The Bertz CT molecular complexity index is 1650. The number of carbonyl (C=O) groups excluding carboxylic acids is 1. The second-order valence-electron chi connectivity index (χ2n) is 12.1. The molecule has 2 aliphatic heterocycles. The number of amides is 1. The average Bonchev–Trinajstić information content (AvgIpc) is 3.68. The number of nitrogens with one attached hydrogen (secondary N) is 1. The molecule has 1 unspecified atom stereocenters. The number of cyclic esters (lactones) is 1. The minimum absolute atomic E-state index is 0.0432. The van der Waals surface area contributed by atoms with E-state index in [1.165, 1.54) is 6.20 Å². The normalized spacial score (nSPS) is 23.6. The summed E-state index contributed by atoms with van der Waals surface area (Å²) in [5, 5.41) is 7.62. The van der Waals surface area contributed by atoms with Crippen LogP contribution < -0.4 is 9.62 Å². The quantitative estimate of drug-likeness (QED) is 0.438. The number of sulfonamides is 1. The summed E-state index contributed by atoms with van der Waals surface area (Å²) >= 11 is 0.788. The highest BCUT2D eigenvalue weighted by atomic mass is 32.2. The lowest BCUT2D eigenvalue weighted by molar-refractivity contribution is 0.103. The van der Waals surface area contributed by atoms with E-state index < -0.39 is 32.5 Å². The molecule has 7 rings (SSSR count). The summed E-state index contributed by atoms with van der Waals surface area (Å²) in [5.74, 6) is 0.124. The van der Waals surface area contributed by atoms with Crippen molar-refractivity contribution in [1.29, 1.82) is 0 Å². The summed E-state index contributed by atoms with van der Waals surface area (Å²) in [6, 6.07) is 1.42. The van der Waals surface area contributed by atoms with Crippen LogP contribution >= 0.6 is 11.3 Å². The molecule has 2 saturated carbocycles. The second kappa shape index (κ2) is 8.55. The van der Waals surface area contributed by atoms with E-state index in [1.54, 1.807) is 15.4 Å². The number of hydrogen-bond acceptors (Lipinski definition) is 9. The number of alkyl halides is 2. The fraction of sp³-hybridized carbons (Fsp3) is 0.600. The van der Waals surface area contributed by atoms with Crippen LogP contribution in [-0.4, -0.2) is 75.8 Å². The van der Waals surface area contributed by atoms with Gasteiger partial charge in [-0.1, -0.05) is 11.3 Å². The van der Waals surface area contributed by atoms with E-state index in [1.807, 2.05) is 20.8 Å². The lowest BCUT2D eigenvalue weighted by Gasteiger charge is -2.47.